The molecule has 0 heterocycles. The van der Waals surface area contributed by atoms with E-state index in [1.165, 1.54) is 38.6 Å². The van der Waals surface area contributed by atoms with Gasteiger partial charge in [-0.05, 0) is 44.2 Å². The van der Waals surface area contributed by atoms with Gasteiger partial charge in [0.25, 0.3) is 0 Å². The molecule has 0 radical (unpaired) electrons. The number of terminal acetylenes is 1. The van der Waals surface area contributed by atoms with E-state index in [1.807, 2.05) is 0 Å². The van der Waals surface area contributed by atoms with Gasteiger partial charge in [-0.3, -0.25) is 0 Å². The highest BCUT2D eigenvalue weighted by atomic mass is 14.8. The van der Waals surface area contributed by atoms with Gasteiger partial charge in [0.05, 0.1) is 0 Å². The summed E-state index contributed by atoms with van der Waals surface area (Å²) < 4.78 is 0. The summed E-state index contributed by atoms with van der Waals surface area (Å²) in [6.07, 6.45) is 14.4. The minimum Gasteiger partial charge on any atom is -0.317 e. The monoisotopic (exact) mass is 207 g/mol. The Bertz CT molecular complexity index is 192. The van der Waals surface area contributed by atoms with E-state index in [0.29, 0.717) is 0 Å². The normalized spacial score (nSPS) is 26.1. The molecule has 0 amide bonds. The first kappa shape index (κ1) is 12.6. The fraction of sp³-hybridized carbons (Fsp3) is 0.857. The molecule has 1 nitrogen and oxygen atoms in total. The second-order valence-corrected chi connectivity index (χ2v) is 4.98. The van der Waals surface area contributed by atoms with Crippen molar-refractivity contribution in [1.29, 1.82) is 0 Å². The highest BCUT2D eigenvalue weighted by molar-refractivity contribution is 4.83. The third-order valence-electron chi connectivity index (χ3n) is 3.45. The van der Waals surface area contributed by atoms with Gasteiger partial charge in [-0.2, -0.15) is 0 Å². The molecule has 0 aliphatic heterocycles. The average Bonchev–Trinajstić information content (AvgIpc) is 2.23. The molecular weight excluding hydrogens is 182 g/mol. The Morgan fingerprint density at radius 1 is 1.33 bits per heavy atom. The molecule has 2 unspecified atom stereocenters. The zero-order valence-electron chi connectivity index (χ0n) is 10.1. The number of hydrogen-bond donors (Lipinski definition) is 1. The summed E-state index contributed by atoms with van der Waals surface area (Å²) in [4.78, 5) is 0. The van der Waals surface area contributed by atoms with Crippen LogP contribution in [-0.2, 0) is 0 Å². The first-order valence-corrected chi connectivity index (χ1v) is 6.47. The number of hydrogen-bond acceptors (Lipinski definition) is 1. The van der Waals surface area contributed by atoms with Crippen LogP contribution in [0.4, 0.5) is 0 Å². The van der Waals surface area contributed by atoms with Crippen LogP contribution in [0.1, 0.15) is 51.9 Å². The molecule has 2 atom stereocenters. The van der Waals surface area contributed by atoms with Gasteiger partial charge in [0.2, 0.25) is 0 Å². The Morgan fingerprint density at radius 3 is 2.93 bits per heavy atom. The van der Waals surface area contributed by atoms with E-state index >= 15 is 0 Å². The quantitative estimate of drug-likeness (QED) is 0.521. The van der Waals surface area contributed by atoms with E-state index in [4.69, 9.17) is 6.42 Å². The second kappa shape index (κ2) is 7.77. The fourth-order valence-electron chi connectivity index (χ4n) is 2.57. The zero-order valence-corrected chi connectivity index (χ0v) is 10.1. The van der Waals surface area contributed by atoms with Crippen molar-refractivity contribution in [3.63, 3.8) is 0 Å². The Hall–Kier alpha value is -0.480. The van der Waals surface area contributed by atoms with Crippen LogP contribution in [0, 0.1) is 24.2 Å². The van der Waals surface area contributed by atoms with E-state index in [9.17, 15) is 0 Å². The predicted molar refractivity (Wildman–Crippen MR) is 66.7 cm³/mol. The molecule has 1 N–H and O–H groups in total. The molecule has 1 aliphatic rings. The molecule has 0 aromatic rings. The molecule has 1 rings (SSSR count). The predicted octanol–water partition coefficient (Wildman–Crippen LogP) is 3.21. The van der Waals surface area contributed by atoms with Crippen LogP contribution in [0.15, 0.2) is 0 Å². The molecule has 0 saturated heterocycles. The summed E-state index contributed by atoms with van der Waals surface area (Å²) >= 11 is 0. The van der Waals surface area contributed by atoms with E-state index in [2.05, 4.69) is 18.2 Å². The number of unbranched alkanes of at least 4 members (excludes halogenated alkanes) is 1. The first-order chi connectivity index (χ1) is 7.33. The maximum atomic E-state index is 5.20. The van der Waals surface area contributed by atoms with Crippen LogP contribution in [0.25, 0.3) is 0 Å². The third kappa shape index (κ3) is 5.85. The molecule has 1 aliphatic carbocycles. The lowest BCUT2D eigenvalue weighted by molar-refractivity contribution is 0.268. The Morgan fingerprint density at radius 2 is 2.20 bits per heavy atom. The van der Waals surface area contributed by atoms with Crippen LogP contribution in [0.2, 0.25) is 0 Å². The number of nitrogens with one attached hydrogen (secondary N) is 1. The van der Waals surface area contributed by atoms with Crippen molar-refractivity contribution in [2.24, 2.45) is 11.8 Å². The molecule has 0 spiro atoms. The zero-order chi connectivity index (χ0) is 10.9. The second-order valence-electron chi connectivity index (χ2n) is 4.98. The smallest absolute Gasteiger partial charge is 0.00981 e. The molecule has 1 heteroatoms. The van der Waals surface area contributed by atoms with E-state index in [-0.39, 0.29) is 0 Å². The van der Waals surface area contributed by atoms with Crippen LogP contribution in [0.3, 0.4) is 0 Å². The summed E-state index contributed by atoms with van der Waals surface area (Å²) in [6.45, 7) is 4.67. The Balaban J connectivity index is 1.93. The lowest BCUT2D eigenvalue weighted by Gasteiger charge is -2.26. The summed E-state index contributed by atoms with van der Waals surface area (Å²) in [7, 11) is 0. The van der Waals surface area contributed by atoms with Gasteiger partial charge in [-0.1, -0.05) is 26.2 Å². The largest absolute Gasteiger partial charge is 0.317 e. The molecule has 1 saturated carbocycles. The highest BCUT2D eigenvalue weighted by Gasteiger charge is 2.17. The number of rotatable bonds is 6. The van der Waals surface area contributed by atoms with E-state index < -0.39 is 0 Å². The van der Waals surface area contributed by atoms with Crippen LogP contribution >= 0.6 is 0 Å². The maximum Gasteiger partial charge on any atom is 0.00981 e. The van der Waals surface area contributed by atoms with E-state index in [0.717, 1.165) is 31.2 Å². The van der Waals surface area contributed by atoms with Crippen molar-refractivity contribution in [3.05, 3.63) is 0 Å². The molecule has 86 valence electrons. The van der Waals surface area contributed by atoms with Crippen molar-refractivity contribution in [2.45, 2.75) is 51.9 Å². The summed E-state index contributed by atoms with van der Waals surface area (Å²) in [5, 5.41) is 3.49. The third-order valence-corrected chi connectivity index (χ3v) is 3.45. The molecule has 0 aromatic heterocycles. The van der Waals surface area contributed by atoms with Gasteiger partial charge in [-0.25, -0.2) is 0 Å². The SMILES string of the molecule is C#CCCCNCCC1CCCC(C)C1. The van der Waals surface area contributed by atoms with Gasteiger partial charge in [0.15, 0.2) is 0 Å². The van der Waals surface area contributed by atoms with Gasteiger partial charge in [0.1, 0.15) is 0 Å². The van der Waals surface area contributed by atoms with Gasteiger partial charge < -0.3 is 5.32 Å². The van der Waals surface area contributed by atoms with Crippen LogP contribution < -0.4 is 5.32 Å². The lowest BCUT2D eigenvalue weighted by atomic mass is 9.81. The van der Waals surface area contributed by atoms with Gasteiger partial charge >= 0.3 is 0 Å². The van der Waals surface area contributed by atoms with Crippen molar-refractivity contribution in [3.8, 4) is 12.3 Å². The first-order valence-electron chi connectivity index (χ1n) is 6.47. The molecule has 0 aromatic carbocycles. The molecule has 1 fully saturated rings. The minimum absolute atomic E-state index is 0.910. The molecular formula is C14H25N. The van der Waals surface area contributed by atoms with E-state index in [1.54, 1.807) is 0 Å². The fourth-order valence-corrected chi connectivity index (χ4v) is 2.57. The minimum atomic E-state index is 0.910. The summed E-state index contributed by atoms with van der Waals surface area (Å²) in [6, 6.07) is 0. The highest BCUT2D eigenvalue weighted by Crippen LogP contribution is 2.30. The average molecular weight is 207 g/mol. The van der Waals surface area contributed by atoms with Gasteiger partial charge in [0, 0.05) is 6.42 Å². The van der Waals surface area contributed by atoms with Crippen LogP contribution in [-0.4, -0.2) is 13.1 Å². The maximum absolute atomic E-state index is 5.20. The van der Waals surface area contributed by atoms with Crippen molar-refractivity contribution < 1.29 is 0 Å². The standard InChI is InChI=1S/C14H25N/c1-3-4-5-10-15-11-9-14-8-6-7-13(2)12-14/h1,13-15H,4-12H2,2H3. The summed E-state index contributed by atoms with van der Waals surface area (Å²) in [5.41, 5.74) is 0. The van der Waals surface area contributed by atoms with Crippen molar-refractivity contribution in [2.75, 3.05) is 13.1 Å². The Kier molecular flexibility index (Phi) is 6.52. The topological polar surface area (TPSA) is 12.0 Å². The van der Waals surface area contributed by atoms with Gasteiger partial charge in [-0.15, -0.1) is 12.3 Å². The summed E-state index contributed by atoms with van der Waals surface area (Å²) in [5.74, 6) is 4.62. The molecule has 0 bridgehead atoms. The molecule has 15 heavy (non-hydrogen) atoms. The van der Waals surface area contributed by atoms with Crippen LogP contribution in [0.5, 0.6) is 0 Å². The lowest BCUT2D eigenvalue weighted by Crippen LogP contribution is -2.22. The van der Waals surface area contributed by atoms with Crippen molar-refractivity contribution in [1.82, 2.24) is 5.32 Å². The Labute approximate surface area is 95.0 Å². The van der Waals surface area contributed by atoms with Crippen molar-refractivity contribution >= 4 is 0 Å².